The zero-order valence-electron chi connectivity index (χ0n) is 17.5. The van der Waals surface area contributed by atoms with Gasteiger partial charge in [-0.25, -0.2) is 0 Å². The molecule has 0 heterocycles. The maximum Gasteiger partial charge on any atom is 0.136 e. The van der Waals surface area contributed by atoms with Crippen molar-refractivity contribution in [2.45, 2.75) is 91.4 Å². The standard InChI is InChI=1S/C24H38O3/c1-15(7-10-21(26)27)17-8-9-18-22-19(11-13-24(17,18)3)23(2)12-5-4-6-16(23)14-20(22)25/h15-19,22H,4-14H2,1-3H3,(H,26,27)/p-1/t15-,16-,17+,18-,19+,22+,23-,24+/m0/s1. The maximum absolute atomic E-state index is 13.3. The van der Waals surface area contributed by atoms with Crippen molar-refractivity contribution >= 4 is 11.8 Å². The summed E-state index contributed by atoms with van der Waals surface area (Å²) in [7, 11) is 0. The number of ketones is 1. The third-order valence-corrected chi connectivity index (χ3v) is 9.95. The molecule has 8 atom stereocenters. The first-order chi connectivity index (χ1) is 12.8. The van der Waals surface area contributed by atoms with Gasteiger partial charge in [0.25, 0.3) is 0 Å². The first kappa shape index (κ1) is 19.5. The Balaban J connectivity index is 1.57. The van der Waals surface area contributed by atoms with Gasteiger partial charge in [0.1, 0.15) is 5.78 Å². The van der Waals surface area contributed by atoms with Crippen molar-refractivity contribution < 1.29 is 14.7 Å². The molecule has 3 nitrogen and oxygen atoms in total. The average Bonchev–Trinajstić information content (AvgIpc) is 2.97. The number of hydrogen-bond donors (Lipinski definition) is 0. The average molecular weight is 374 g/mol. The summed E-state index contributed by atoms with van der Waals surface area (Å²) in [6.45, 7) is 7.18. The number of aliphatic carboxylic acids is 1. The Morgan fingerprint density at radius 2 is 1.81 bits per heavy atom. The molecule has 0 N–H and O–H groups in total. The second-order valence-electron chi connectivity index (χ2n) is 11.0. The van der Waals surface area contributed by atoms with Crippen LogP contribution in [-0.2, 0) is 9.59 Å². The molecule has 4 aliphatic carbocycles. The van der Waals surface area contributed by atoms with Crippen molar-refractivity contribution in [1.29, 1.82) is 0 Å². The van der Waals surface area contributed by atoms with Gasteiger partial charge in [0, 0.05) is 18.3 Å². The molecular formula is C24H37O3-. The SMILES string of the molecule is C[C@@H](CCC(=O)[O-])[C@H]1CC[C@H]2[C@H]3C(=O)C[C@@H]4CCCC[C@]4(C)[C@@H]3CC[C@]12C. The fourth-order valence-electron chi connectivity index (χ4n) is 8.48. The number of carbonyl (C=O) groups excluding carboxylic acids is 2. The highest BCUT2D eigenvalue weighted by Crippen LogP contribution is 2.67. The van der Waals surface area contributed by atoms with Crippen molar-refractivity contribution in [1.82, 2.24) is 0 Å². The van der Waals surface area contributed by atoms with E-state index in [0.29, 0.717) is 40.8 Å². The second-order valence-corrected chi connectivity index (χ2v) is 11.0. The molecule has 27 heavy (non-hydrogen) atoms. The molecule has 0 aliphatic heterocycles. The Kier molecular flexibility index (Phi) is 4.96. The van der Waals surface area contributed by atoms with Gasteiger partial charge in [0.05, 0.1) is 0 Å². The zero-order valence-corrected chi connectivity index (χ0v) is 17.5. The Hall–Kier alpha value is -0.860. The highest BCUT2D eigenvalue weighted by molar-refractivity contribution is 5.83. The maximum atomic E-state index is 13.3. The van der Waals surface area contributed by atoms with Crippen LogP contribution in [0.1, 0.15) is 91.4 Å². The topological polar surface area (TPSA) is 57.2 Å². The molecule has 4 rings (SSSR count). The number of hydrogen-bond acceptors (Lipinski definition) is 3. The molecule has 152 valence electrons. The number of fused-ring (bicyclic) bond motifs is 5. The summed E-state index contributed by atoms with van der Waals surface area (Å²) in [5.74, 6) is 2.65. The lowest BCUT2D eigenvalue weighted by Crippen LogP contribution is -2.56. The van der Waals surface area contributed by atoms with Gasteiger partial charge in [-0.3, -0.25) is 4.79 Å². The fourth-order valence-corrected chi connectivity index (χ4v) is 8.48. The van der Waals surface area contributed by atoms with Crippen LogP contribution in [0, 0.1) is 46.3 Å². The molecule has 0 unspecified atom stereocenters. The highest BCUT2D eigenvalue weighted by atomic mass is 16.4. The van der Waals surface area contributed by atoms with Crippen LogP contribution in [0.2, 0.25) is 0 Å². The van der Waals surface area contributed by atoms with Gasteiger partial charge in [-0.2, -0.15) is 0 Å². The molecular weight excluding hydrogens is 336 g/mol. The van der Waals surface area contributed by atoms with E-state index in [-0.39, 0.29) is 17.8 Å². The molecule has 0 amide bonds. The molecule has 3 heteroatoms. The van der Waals surface area contributed by atoms with E-state index < -0.39 is 5.97 Å². The van der Waals surface area contributed by atoms with Crippen molar-refractivity contribution in [2.75, 3.05) is 0 Å². The number of carbonyl (C=O) groups is 2. The quantitative estimate of drug-likeness (QED) is 0.735. The summed E-state index contributed by atoms with van der Waals surface area (Å²) in [5.41, 5.74) is 0.608. The lowest BCUT2D eigenvalue weighted by atomic mass is 9.44. The van der Waals surface area contributed by atoms with Crippen molar-refractivity contribution in [3.8, 4) is 0 Å². The van der Waals surface area contributed by atoms with Gasteiger partial charge in [-0.1, -0.05) is 33.6 Å². The van der Waals surface area contributed by atoms with Gasteiger partial charge < -0.3 is 9.90 Å². The van der Waals surface area contributed by atoms with E-state index in [0.717, 1.165) is 12.8 Å². The van der Waals surface area contributed by atoms with Gasteiger partial charge >= 0.3 is 0 Å². The number of rotatable bonds is 4. The van der Waals surface area contributed by atoms with Crippen LogP contribution in [0.5, 0.6) is 0 Å². The van der Waals surface area contributed by atoms with Crippen LogP contribution in [0.3, 0.4) is 0 Å². The summed E-state index contributed by atoms with van der Waals surface area (Å²) >= 11 is 0. The number of carboxylic acid groups (broad SMARTS) is 1. The Labute approximate surface area is 164 Å². The summed E-state index contributed by atoms with van der Waals surface area (Å²) in [5, 5.41) is 10.9. The smallest absolute Gasteiger partial charge is 0.136 e. The summed E-state index contributed by atoms with van der Waals surface area (Å²) < 4.78 is 0. The van der Waals surface area contributed by atoms with Gasteiger partial charge in [0.15, 0.2) is 0 Å². The molecule has 0 saturated heterocycles. The minimum absolute atomic E-state index is 0.170. The van der Waals surface area contributed by atoms with Crippen molar-refractivity contribution in [3.63, 3.8) is 0 Å². The minimum atomic E-state index is -0.927. The van der Waals surface area contributed by atoms with Crippen LogP contribution >= 0.6 is 0 Å². The van der Waals surface area contributed by atoms with Gasteiger partial charge in [-0.15, -0.1) is 0 Å². The molecule has 0 aromatic carbocycles. The second kappa shape index (κ2) is 6.88. The first-order valence-corrected chi connectivity index (χ1v) is 11.5. The van der Waals surface area contributed by atoms with E-state index in [1.807, 2.05) is 0 Å². The van der Waals surface area contributed by atoms with Gasteiger partial charge in [0.2, 0.25) is 0 Å². The molecule has 4 saturated carbocycles. The van der Waals surface area contributed by atoms with E-state index in [2.05, 4.69) is 20.8 Å². The first-order valence-electron chi connectivity index (χ1n) is 11.5. The van der Waals surface area contributed by atoms with Crippen molar-refractivity contribution in [3.05, 3.63) is 0 Å². The summed E-state index contributed by atoms with van der Waals surface area (Å²) in [6, 6.07) is 0. The van der Waals surface area contributed by atoms with E-state index in [9.17, 15) is 14.7 Å². The molecule has 0 aromatic rings. The Morgan fingerprint density at radius 1 is 1.07 bits per heavy atom. The van der Waals surface area contributed by atoms with Crippen LogP contribution in [0.25, 0.3) is 0 Å². The lowest BCUT2D eigenvalue weighted by Gasteiger charge is -2.60. The largest absolute Gasteiger partial charge is 0.550 e. The third kappa shape index (κ3) is 2.99. The van der Waals surface area contributed by atoms with E-state index >= 15 is 0 Å². The Bertz CT molecular complexity index is 613. The zero-order chi connectivity index (χ0) is 19.4. The van der Waals surface area contributed by atoms with Gasteiger partial charge in [-0.05, 0) is 91.8 Å². The predicted octanol–water partition coefficient (Wildman–Crippen LogP) is 4.38. The molecule has 0 spiro atoms. The molecule has 0 bridgehead atoms. The summed E-state index contributed by atoms with van der Waals surface area (Å²) in [6.07, 6.45) is 11.7. The van der Waals surface area contributed by atoms with E-state index in [1.165, 1.54) is 51.4 Å². The lowest BCUT2D eigenvalue weighted by molar-refractivity contribution is -0.306. The van der Waals surface area contributed by atoms with Crippen LogP contribution in [-0.4, -0.2) is 11.8 Å². The van der Waals surface area contributed by atoms with Crippen molar-refractivity contribution in [2.24, 2.45) is 46.3 Å². The molecule has 4 aliphatic rings. The fraction of sp³-hybridized carbons (Fsp3) is 0.917. The predicted molar refractivity (Wildman–Crippen MR) is 104 cm³/mol. The molecule has 0 aromatic heterocycles. The van der Waals surface area contributed by atoms with E-state index in [4.69, 9.17) is 0 Å². The van der Waals surface area contributed by atoms with E-state index in [1.54, 1.807) is 0 Å². The monoisotopic (exact) mass is 373 g/mol. The molecule has 0 radical (unpaired) electrons. The van der Waals surface area contributed by atoms with Crippen LogP contribution in [0.4, 0.5) is 0 Å². The Morgan fingerprint density at radius 3 is 2.56 bits per heavy atom. The minimum Gasteiger partial charge on any atom is -0.550 e. The summed E-state index contributed by atoms with van der Waals surface area (Å²) in [4.78, 5) is 24.2. The molecule has 4 fully saturated rings. The third-order valence-electron chi connectivity index (χ3n) is 9.95. The van der Waals surface area contributed by atoms with Crippen LogP contribution in [0.15, 0.2) is 0 Å². The number of carboxylic acids is 1. The highest BCUT2D eigenvalue weighted by Gasteiger charge is 2.62. The van der Waals surface area contributed by atoms with Crippen LogP contribution < -0.4 is 5.11 Å². The normalized spacial score (nSPS) is 47.7. The number of Topliss-reactive ketones (excluding diaryl/α,β-unsaturated/α-hetero) is 1.